The predicted molar refractivity (Wildman–Crippen MR) is 312 cm³/mol. The van der Waals surface area contributed by atoms with Crippen molar-refractivity contribution in [2.24, 2.45) is 11.8 Å². The summed E-state index contributed by atoms with van der Waals surface area (Å²) in [7, 11) is 0. The molecule has 2 unspecified atom stereocenters. The Morgan fingerprint density at radius 1 is 0.370 bits per heavy atom. The summed E-state index contributed by atoms with van der Waals surface area (Å²) in [5.74, 6) is 1.48. The molecule has 11 rings (SSSR count). The Bertz CT molecular complexity index is 3400. The van der Waals surface area contributed by atoms with Crippen LogP contribution >= 0.6 is 0 Å². The van der Waals surface area contributed by atoms with E-state index in [1.807, 2.05) is 0 Å². The monoisotopic (exact) mass is 942 g/mol. The molecule has 2 heteroatoms. The fourth-order valence-electron chi connectivity index (χ4n) is 11.0. The minimum absolute atomic E-state index is 0.733. The lowest BCUT2D eigenvalue weighted by Gasteiger charge is -2.28. The Morgan fingerprint density at radius 2 is 0.726 bits per heavy atom. The zero-order valence-electron chi connectivity index (χ0n) is 42.0. The van der Waals surface area contributed by atoms with E-state index in [-0.39, 0.29) is 0 Å². The molecule has 10 aromatic rings. The van der Waals surface area contributed by atoms with E-state index in [9.17, 15) is 0 Å². The summed E-state index contributed by atoms with van der Waals surface area (Å²) in [6.07, 6.45) is 5.99. The van der Waals surface area contributed by atoms with E-state index in [0.717, 1.165) is 63.5 Å². The Hall–Kier alpha value is -8.46. The molecule has 0 N–H and O–H groups in total. The number of allylic oxidation sites excluding steroid dienone is 1. The third kappa shape index (κ3) is 10.8. The molecular weight excluding hydrogens is 881 g/mol. The average molecular weight is 943 g/mol. The molecule has 0 spiro atoms. The standard InChI is InChI=1S/C71H62N2/c1-51-19-25-57(26-20-51)59-29-37-65(38-30-59)72(64-35-23-54(24-36-64)21-22-55-48-52(2)47-53(3)49-55)66-39-31-60(32-40-66)61-33-43-68(44-34-61)73(67-41-27-58(28-42-67)56-13-7-4-8-14-56)69-45-46-70(62-15-9-5-10-16-62)71(50-69)63-17-11-6-12-18-63/h4-20,23-46,50,53,55H,2,21-22,47-49H2,1,3H3. The number of aryl methyl sites for hydroxylation is 2. The molecule has 0 aromatic heterocycles. The van der Waals surface area contributed by atoms with Gasteiger partial charge < -0.3 is 9.80 Å². The lowest BCUT2D eigenvalue weighted by molar-refractivity contribution is 0.321. The molecule has 0 amide bonds. The Morgan fingerprint density at radius 3 is 1.16 bits per heavy atom. The van der Waals surface area contributed by atoms with Crippen LogP contribution in [0, 0.1) is 18.8 Å². The minimum Gasteiger partial charge on any atom is -0.311 e. The third-order valence-corrected chi connectivity index (χ3v) is 14.7. The molecule has 0 saturated heterocycles. The smallest absolute Gasteiger partial charge is 0.0468 e. The molecular formula is C71H62N2. The normalized spacial score (nSPS) is 14.4. The fraction of sp³-hybridized carbons (Fsp3) is 0.127. The molecule has 73 heavy (non-hydrogen) atoms. The number of rotatable bonds is 14. The maximum absolute atomic E-state index is 4.36. The first-order chi connectivity index (χ1) is 35.9. The van der Waals surface area contributed by atoms with Gasteiger partial charge in [-0.2, -0.15) is 0 Å². The molecule has 1 aliphatic rings. The van der Waals surface area contributed by atoms with E-state index >= 15 is 0 Å². The summed E-state index contributed by atoms with van der Waals surface area (Å²) >= 11 is 0. The van der Waals surface area contributed by atoms with Gasteiger partial charge in [-0.1, -0.05) is 207 Å². The SMILES string of the molecule is C=C1CC(C)CC(CCc2ccc(N(c3ccc(-c4ccc(C)cc4)cc3)c3ccc(-c4ccc(N(c5ccc(-c6ccccc6)cc5)c5ccc(-c6ccccc6)c(-c6ccccc6)c5)cc4)cc3)cc2)C1. The first-order valence-electron chi connectivity index (χ1n) is 26.0. The first-order valence-corrected chi connectivity index (χ1v) is 26.0. The van der Waals surface area contributed by atoms with Crippen molar-refractivity contribution < 1.29 is 0 Å². The van der Waals surface area contributed by atoms with Gasteiger partial charge >= 0.3 is 0 Å². The first kappa shape index (κ1) is 46.9. The van der Waals surface area contributed by atoms with Gasteiger partial charge in [-0.05, 0) is 185 Å². The van der Waals surface area contributed by atoms with Crippen LogP contribution in [0.4, 0.5) is 34.1 Å². The summed E-state index contributed by atoms with van der Waals surface area (Å²) in [5, 5.41) is 0. The molecule has 10 aromatic carbocycles. The maximum atomic E-state index is 4.36. The molecule has 1 saturated carbocycles. The molecule has 0 aliphatic heterocycles. The van der Waals surface area contributed by atoms with Crippen LogP contribution in [-0.4, -0.2) is 0 Å². The zero-order valence-corrected chi connectivity index (χ0v) is 42.0. The lowest BCUT2D eigenvalue weighted by atomic mass is 9.77. The van der Waals surface area contributed by atoms with Gasteiger partial charge in [0.15, 0.2) is 0 Å². The number of anilines is 6. The summed E-state index contributed by atoms with van der Waals surface area (Å²) in [6.45, 7) is 8.88. The number of hydrogen-bond acceptors (Lipinski definition) is 2. The Labute approximate surface area is 433 Å². The topological polar surface area (TPSA) is 6.48 Å². The Kier molecular flexibility index (Phi) is 13.8. The number of nitrogens with zero attached hydrogens (tertiary/aromatic N) is 2. The molecule has 0 bridgehead atoms. The molecule has 2 atom stereocenters. The number of benzene rings is 10. The second-order valence-corrected chi connectivity index (χ2v) is 20.1. The predicted octanol–water partition coefficient (Wildman–Crippen LogP) is 20.2. The largest absolute Gasteiger partial charge is 0.311 e. The highest BCUT2D eigenvalue weighted by Gasteiger charge is 2.22. The highest BCUT2D eigenvalue weighted by Crippen LogP contribution is 2.43. The van der Waals surface area contributed by atoms with Crippen LogP contribution in [-0.2, 0) is 6.42 Å². The molecule has 1 aliphatic carbocycles. The zero-order chi connectivity index (χ0) is 49.5. The van der Waals surface area contributed by atoms with Crippen molar-refractivity contribution >= 4 is 34.1 Å². The van der Waals surface area contributed by atoms with E-state index in [0.29, 0.717) is 0 Å². The summed E-state index contributed by atoms with van der Waals surface area (Å²) < 4.78 is 0. The second kappa shape index (κ2) is 21.5. The van der Waals surface area contributed by atoms with Crippen LogP contribution in [0.25, 0.3) is 55.6 Å². The van der Waals surface area contributed by atoms with Crippen molar-refractivity contribution in [2.45, 2.75) is 46.0 Å². The van der Waals surface area contributed by atoms with E-state index in [2.05, 4.69) is 285 Å². The van der Waals surface area contributed by atoms with Crippen molar-refractivity contribution in [3.63, 3.8) is 0 Å². The second-order valence-electron chi connectivity index (χ2n) is 20.1. The van der Waals surface area contributed by atoms with Gasteiger partial charge in [0.1, 0.15) is 0 Å². The highest BCUT2D eigenvalue weighted by molar-refractivity contribution is 5.89. The fourth-order valence-corrected chi connectivity index (χ4v) is 11.0. The van der Waals surface area contributed by atoms with E-state index in [1.54, 1.807) is 0 Å². The van der Waals surface area contributed by atoms with Crippen molar-refractivity contribution in [1.29, 1.82) is 0 Å². The minimum atomic E-state index is 0.733. The quantitative estimate of drug-likeness (QED) is 0.100. The lowest BCUT2D eigenvalue weighted by Crippen LogP contribution is -2.15. The average Bonchev–Trinajstić information content (AvgIpc) is 3.44. The molecule has 356 valence electrons. The van der Waals surface area contributed by atoms with E-state index in [1.165, 1.54) is 86.9 Å². The van der Waals surface area contributed by atoms with E-state index < -0.39 is 0 Å². The highest BCUT2D eigenvalue weighted by atomic mass is 15.1. The van der Waals surface area contributed by atoms with E-state index in [4.69, 9.17) is 0 Å². The van der Waals surface area contributed by atoms with Crippen LogP contribution in [0.2, 0.25) is 0 Å². The van der Waals surface area contributed by atoms with Crippen molar-refractivity contribution in [2.75, 3.05) is 9.80 Å². The van der Waals surface area contributed by atoms with Crippen LogP contribution in [0.5, 0.6) is 0 Å². The summed E-state index contributed by atoms with van der Waals surface area (Å²) in [6, 6.07) is 93.1. The van der Waals surface area contributed by atoms with Gasteiger partial charge in [0, 0.05) is 34.1 Å². The van der Waals surface area contributed by atoms with Gasteiger partial charge in [-0.25, -0.2) is 0 Å². The van der Waals surface area contributed by atoms with Crippen LogP contribution < -0.4 is 9.80 Å². The van der Waals surface area contributed by atoms with Gasteiger partial charge in [-0.15, -0.1) is 0 Å². The van der Waals surface area contributed by atoms with Crippen molar-refractivity contribution in [1.82, 2.24) is 0 Å². The summed E-state index contributed by atoms with van der Waals surface area (Å²) in [4.78, 5) is 4.76. The summed E-state index contributed by atoms with van der Waals surface area (Å²) in [5.41, 5.74) is 22.7. The molecule has 1 fully saturated rings. The van der Waals surface area contributed by atoms with Crippen molar-refractivity contribution in [3.05, 3.63) is 278 Å². The van der Waals surface area contributed by atoms with Gasteiger partial charge in [0.25, 0.3) is 0 Å². The van der Waals surface area contributed by atoms with Gasteiger partial charge in [-0.3, -0.25) is 0 Å². The third-order valence-electron chi connectivity index (χ3n) is 14.7. The van der Waals surface area contributed by atoms with Crippen LogP contribution in [0.3, 0.4) is 0 Å². The van der Waals surface area contributed by atoms with Gasteiger partial charge in [0.2, 0.25) is 0 Å². The number of hydrogen-bond donors (Lipinski definition) is 0. The maximum Gasteiger partial charge on any atom is 0.0468 e. The van der Waals surface area contributed by atoms with Crippen molar-refractivity contribution in [3.8, 4) is 55.6 Å². The Balaban J connectivity index is 0.910. The molecule has 2 nitrogen and oxygen atoms in total. The molecule has 0 heterocycles. The van der Waals surface area contributed by atoms with Crippen LogP contribution in [0.15, 0.2) is 267 Å². The van der Waals surface area contributed by atoms with Crippen LogP contribution in [0.1, 0.15) is 43.7 Å². The molecule has 0 radical (unpaired) electrons. The van der Waals surface area contributed by atoms with Gasteiger partial charge in [0.05, 0.1) is 0 Å².